The molecule has 0 heterocycles. The quantitative estimate of drug-likeness (QED) is 0.921. The molecule has 0 atom stereocenters. The van der Waals surface area contributed by atoms with Crippen molar-refractivity contribution in [2.75, 3.05) is 20.7 Å². The zero-order valence-corrected chi connectivity index (χ0v) is 11.1. The summed E-state index contributed by atoms with van der Waals surface area (Å²) in [6.07, 6.45) is -3.88. The van der Waals surface area contributed by atoms with Crippen LogP contribution in [0.1, 0.15) is 11.1 Å². The van der Waals surface area contributed by atoms with E-state index in [9.17, 15) is 13.2 Å². The highest BCUT2D eigenvalue weighted by Gasteiger charge is 2.35. The zero-order valence-electron chi connectivity index (χ0n) is 9.49. The summed E-state index contributed by atoms with van der Waals surface area (Å²) in [6, 6.07) is 2.77. The lowest BCUT2D eigenvalue weighted by molar-refractivity contribution is -0.138. The first kappa shape index (κ1) is 14.3. The summed E-state index contributed by atoms with van der Waals surface area (Å²) in [5.74, 6) is -0.175. The third kappa shape index (κ3) is 3.61. The number of rotatable bonds is 4. The number of nitrogens with one attached hydrogen (secondary N) is 1. The number of likely N-dealkylation sites (N-methyl/N-ethyl adjacent to an activating group) is 1. The minimum Gasteiger partial charge on any atom is -0.495 e. The van der Waals surface area contributed by atoms with E-state index in [1.54, 1.807) is 13.1 Å². The zero-order chi connectivity index (χ0) is 13.1. The van der Waals surface area contributed by atoms with Gasteiger partial charge < -0.3 is 10.1 Å². The molecular formula is C11H13BrF3NO. The Morgan fingerprint density at radius 3 is 2.47 bits per heavy atom. The topological polar surface area (TPSA) is 21.3 Å². The molecule has 1 aromatic carbocycles. The van der Waals surface area contributed by atoms with Gasteiger partial charge in [0.25, 0.3) is 0 Å². The van der Waals surface area contributed by atoms with Crippen LogP contribution in [-0.4, -0.2) is 20.7 Å². The van der Waals surface area contributed by atoms with E-state index < -0.39 is 11.7 Å². The maximum atomic E-state index is 12.8. The predicted molar refractivity (Wildman–Crippen MR) is 63.3 cm³/mol. The molecule has 0 amide bonds. The summed E-state index contributed by atoms with van der Waals surface area (Å²) in [4.78, 5) is 0. The molecule has 0 aliphatic heterocycles. The smallest absolute Gasteiger partial charge is 0.420 e. The fourth-order valence-corrected chi connectivity index (χ4v) is 2.15. The molecule has 0 unspecified atom stereocenters. The second kappa shape index (κ2) is 5.73. The van der Waals surface area contributed by atoms with Crippen molar-refractivity contribution in [2.24, 2.45) is 0 Å². The Labute approximate surface area is 106 Å². The van der Waals surface area contributed by atoms with Crippen molar-refractivity contribution in [1.29, 1.82) is 0 Å². The van der Waals surface area contributed by atoms with Gasteiger partial charge in [-0.3, -0.25) is 0 Å². The summed E-state index contributed by atoms with van der Waals surface area (Å²) in [6.45, 7) is 0.621. The number of methoxy groups -OCH3 is 1. The first-order valence-electron chi connectivity index (χ1n) is 4.98. The van der Waals surface area contributed by atoms with Gasteiger partial charge in [0.15, 0.2) is 0 Å². The Bertz CT molecular complexity index is 393. The second-order valence-corrected chi connectivity index (χ2v) is 4.36. The molecule has 0 spiro atoms. The van der Waals surface area contributed by atoms with Crippen LogP contribution in [0.2, 0.25) is 0 Å². The SMILES string of the molecule is CNCCc1cc(Br)c(OC)c(C(F)(F)F)c1. The summed E-state index contributed by atoms with van der Waals surface area (Å²) in [5.41, 5.74) is -0.139. The van der Waals surface area contributed by atoms with Gasteiger partial charge in [-0.25, -0.2) is 0 Å². The number of hydrogen-bond acceptors (Lipinski definition) is 2. The molecule has 1 aromatic rings. The highest BCUT2D eigenvalue weighted by Crippen LogP contribution is 2.41. The third-order valence-electron chi connectivity index (χ3n) is 2.28. The Morgan fingerprint density at radius 1 is 1.35 bits per heavy atom. The molecule has 0 radical (unpaired) electrons. The van der Waals surface area contributed by atoms with Crippen molar-refractivity contribution in [3.8, 4) is 5.75 Å². The normalized spacial score (nSPS) is 11.6. The molecule has 17 heavy (non-hydrogen) atoms. The van der Waals surface area contributed by atoms with Crippen LogP contribution in [0.15, 0.2) is 16.6 Å². The highest BCUT2D eigenvalue weighted by molar-refractivity contribution is 9.10. The van der Waals surface area contributed by atoms with Crippen molar-refractivity contribution >= 4 is 15.9 Å². The summed E-state index contributed by atoms with van der Waals surface area (Å²) in [5, 5.41) is 2.89. The van der Waals surface area contributed by atoms with Gasteiger partial charge in [-0.1, -0.05) is 0 Å². The van der Waals surface area contributed by atoms with E-state index in [1.165, 1.54) is 7.11 Å². The number of benzene rings is 1. The maximum absolute atomic E-state index is 12.8. The van der Waals surface area contributed by atoms with E-state index in [4.69, 9.17) is 4.74 Å². The molecule has 0 aliphatic carbocycles. The first-order chi connectivity index (χ1) is 7.90. The molecule has 0 bridgehead atoms. The van der Waals surface area contributed by atoms with Crippen LogP contribution in [0.4, 0.5) is 13.2 Å². The van der Waals surface area contributed by atoms with Gasteiger partial charge in [0.2, 0.25) is 0 Å². The highest BCUT2D eigenvalue weighted by atomic mass is 79.9. The molecule has 0 fully saturated rings. The van der Waals surface area contributed by atoms with Crippen LogP contribution in [0.25, 0.3) is 0 Å². The van der Waals surface area contributed by atoms with Crippen LogP contribution in [0, 0.1) is 0 Å². The van der Waals surface area contributed by atoms with Crippen molar-refractivity contribution in [3.63, 3.8) is 0 Å². The van der Waals surface area contributed by atoms with Gasteiger partial charge in [-0.05, 0) is 53.6 Å². The lowest BCUT2D eigenvalue weighted by atomic mass is 10.1. The van der Waals surface area contributed by atoms with E-state index in [2.05, 4.69) is 21.2 Å². The molecule has 6 heteroatoms. The monoisotopic (exact) mass is 311 g/mol. The summed E-state index contributed by atoms with van der Waals surface area (Å²) >= 11 is 3.10. The van der Waals surface area contributed by atoms with Crippen LogP contribution < -0.4 is 10.1 Å². The van der Waals surface area contributed by atoms with Gasteiger partial charge >= 0.3 is 6.18 Å². The minimum absolute atomic E-state index is 0.175. The van der Waals surface area contributed by atoms with Gasteiger partial charge in [0, 0.05) is 0 Å². The van der Waals surface area contributed by atoms with E-state index in [1.807, 2.05) is 0 Å². The average Bonchev–Trinajstić information content (AvgIpc) is 2.24. The largest absolute Gasteiger partial charge is 0.495 e. The minimum atomic E-state index is -4.41. The number of alkyl halides is 3. The van der Waals surface area contributed by atoms with Crippen molar-refractivity contribution in [3.05, 3.63) is 27.7 Å². The van der Waals surface area contributed by atoms with Crippen molar-refractivity contribution in [1.82, 2.24) is 5.32 Å². The summed E-state index contributed by atoms with van der Waals surface area (Å²) in [7, 11) is 2.98. The number of ether oxygens (including phenoxy) is 1. The fraction of sp³-hybridized carbons (Fsp3) is 0.455. The summed E-state index contributed by atoms with van der Waals surface area (Å²) < 4.78 is 43.5. The second-order valence-electron chi connectivity index (χ2n) is 3.51. The average molecular weight is 312 g/mol. The standard InChI is InChI=1S/C11H13BrF3NO/c1-16-4-3-7-5-8(11(13,14)15)10(17-2)9(12)6-7/h5-6,16H,3-4H2,1-2H3. The molecule has 2 nitrogen and oxygen atoms in total. The lowest BCUT2D eigenvalue weighted by Gasteiger charge is -2.15. The third-order valence-corrected chi connectivity index (χ3v) is 2.87. The molecule has 0 saturated heterocycles. The van der Waals surface area contributed by atoms with Crippen molar-refractivity contribution < 1.29 is 17.9 Å². The van der Waals surface area contributed by atoms with E-state index in [0.29, 0.717) is 23.0 Å². The lowest BCUT2D eigenvalue weighted by Crippen LogP contribution is -2.13. The Morgan fingerprint density at radius 2 is 2.00 bits per heavy atom. The molecule has 0 aromatic heterocycles. The van der Waals surface area contributed by atoms with Gasteiger partial charge in [-0.15, -0.1) is 0 Å². The molecular weight excluding hydrogens is 299 g/mol. The fourth-order valence-electron chi connectivity index (χ4n) is 1.48. The Balaban J connectivity index is 3.19. The predicted octanol–water partition coefficient (Wildman–Crippen LogP) is 3.24. The Hall–Kier alpha value is -0.750. The van der Waals surface area contributed by atoms with E-state index >= 15 is 0 Å². The van der Waals surface area contributed by atoms with Crippen LogP contribution >= 0.6 is 15.9 Å². The van der Waals surface area contributed by atoms with Crippen LogP contribution in [-0.2, 0) is 12.6 Å². The van der Waals surface area contributed by atoms with E-state index in [0.717, 1.165) is 6.07 Å². The molecule has 1 N–H and O–H groups in total. The Kier molecular flexibility index (Phi) is 4.82. The van der Waals surface area contributed by atoms with Gasteiger partial charge in [0.05, 0.1) is 17.1 Å². The maximum Gasteiger partial charge on any atom is 0.420 e. The molecule has 96 valence electrons. The number of halogens is 4. The molecule has 0 aliphatic rings. The van der Waals surface area contributed by atoms with Gasteiger partial charge in [-0.2, -0.15) is 13.2 Å². The van der Waals surface area contributed by atoms with Gasteiger partial charge in [0.1, 0.15) is 5.75 Å². The molecule has 0 saturated carbocycles. The van der Waals surface area contributed by atoms with Crippen LogP contribution in [0.3, 0.4) is 0 Å². The van der Waals surface area contributed by atoms with Crippen LogP contribution in [0.5, 0.6) is 5.75 Å². The number of hydrogen-bond donors (Lipinski definition) is 1. The first-order valence-corrected chi connectivity index (χ1v) is 5.77. The van der Waals surface area contributed by atoms with Crippen molar-refractivity contribution in [2.45, 2.75) is 12.6 Å². The molecule has 1 rings (SSSR count). The van der Waals surface area contributed by atoms with E-state index in [-0.39, 0.29) is 5.75 Å².